The number of carbonyl (C=O) groups excluding carboxylic acids is 1. The van der Waals surface area contributed by atoms with Crippen LogP contribution in [-0.4, -0.2) is 35.2 Å². The number of carboxylic acid groups (broad SMARTS) is 1. The number of amides is 1. The van der Waals surface area contributed by atoms with E-state index >= 15 is 0 Å². The highest BCUT2D eigenvalue weighted by atomic mass is 16.4. The third-order valence-electron chi connectivity index (χ3n) is 2.32. The van der Waals surface area contributed by atoms with Crippen molar-refractivity contribution < 1.29 is 19.8 Å². The summed E-state index contributed by atoms with van der Waals surface area (Å²) in [5.74, 6) is -1.27. The van der Waals surface area contributed by atoms with Crippen molar-refractivity contribution >= 4 is 17.6 Å². The molecule has 1 aromatic rings. The van der Waals surface area contributed by atoms with Crippen LogP contribution < -0.4 is 4.90 Å². The second-order valence-electron chi connectivity index (χ2n) is 3.57. The topological polar surface area (TPSA) is 77.8 Å². The lowest BCUT2D eigenvalue weighted by Gasteiger charge is -2.20. The van der Waals surface area contributed by atoms with Crippen LogP contribution in [0.15, 0.2) is 36.4 Å². The summed E-state index contributed by atoms with van der Waals surface area (Å²) in [6.45, 7) is 1.72. The monoisotopic (exact) mass is 249 g/mol. The average Bonchev–Trinajstić information content (AvgIpc) is 2.36. The minimum Gasteiger partial charge on any atom is -0.478 e. The lowest BCUT2D eigenvalue weighted by molar-refractivity contribution is -0.114. The molecule has 0 saturated heterocycles. The van der Waals surface area contributed by atoms with Gasteiger partial charge in [0.15, 0.2) is 0 Å². The van der Waals surface area contributed by atoms with Crippen molar-refractivity contribution in [1.29, 1.82) is 0 Å². The summed E-state index contributed by atoms with van der Waals surface area (Å²) in [5.41, 5.74) is 0.707. The van der Waals surface area contributed by atoms with Gasteiger partial charge >= 0.3 is 5.97 Å². The number of benzene rings is 1. The normalized spacial score (nSPS) is 10.6. The Kier molecular flexibility index (Phi) is 5.07. The quantitative estimate of drug-likeness (QED) is 0.771. The standard InChI is InChI=1S/C13H15NO4/c1-2-3-12(16)14(8-9-15)11-6-4-10(5-7-11)13(17)18/h2-7,15H,8-9H2,1H3,(H,17,18). The Bertz CT molecular complexity index is 451. The highest BCUT2D eigenvalue weighted by Crippen LogP contribution is 2.15. The van der Waals surface area contributed by atoms with Crippen molar-refractivity contribution in [1.82, 2.24) is 0 Å². The summed E-state index contributed by atoms with van der Waals surface area (Å²) < 4.78 is 0. The molecule has 0 radical (unpaired) electrons. The van der Waals surface area contributed by atoms with Gasteiger partial charge in [-0.05, 0) is 37.3 Å². The molecule has 0 unspecified atom stereocenters. The number of anilines is 1. The van der Waals surface area contributed by atoms with Gasteiger partial charge in [-0.25, -0.2) is 4.79 Å². The van der Waals surface area contributed by atoms with E-state index in [1.165, 1.54) is 23.1 Å². The molecule has 0 aromatic heterocycles. The van der Waals surface area contributed by atoms with Gasteiger partial charge in [-0.1, -0.05) is 6.08 Å². The predicted octanol–water partition coefficient (Wildman–Crippen LogP) is 1.29. The lowest BCUT2D eigenvalue weighted by Crippen LogP contribution is -2.32. The van der Waals surface area contributed by atoms with E-state index in [4.69, 9.17) is 10.2 Å². The van der Waals surface area contributed by atoms with Gasteiger partial charge in [0, 0.05) is 12.2 Å². The molecular formula is C13H15NO4. The predicted molar refractivity (Wildman–Crippen MR) is 67.7 cm³/mol. The van der Waals surface area contributed by atoms with E-state index in [1.54, 1.807) is 25.1 Å². The molecule has 0 aliphatic carbocycles. The number of rotatable bonds is 5. The number of aliphatic hydroxyl groups is 1. The van der Waals surface area contributed by atoms with E-state index in [2.05, 4.69) is 0 Å². The van der Waals surface area contributed by atoms with Gasteiger partial charge in [0.05, 0.1) is 12.2 Å². The van der Waals surface area contributed by atoms with Crippen molar-refractivity contribution in [2.75, 3.05) is 18.1 Å². The number of carboxylic acids is 1. The lowest BCUT2D eigenvalue weighted by atomic mass is 10.2. The molecule has 0 fully saturated rings. The fourth-order valence-electron chi connectivity index (χ4n) is 1.48. The van der Waals surface area contributed by atoms with Crippen molar-refractivity contribution in [3.63, 3.8) is 0 Å². The van der Waals surface area contributed by atoms with E-state index in [0.29, 0.717) is 5.69 Å². The maximum Gasteiger partial charge on any atom is 0.335 e. The largest absolute Gasteiger partial charge is 0.478 e. The SMILES string of the molecule is CC=CC(=O)N(CCO)c1ccc(C(=O)O)cc1. The van der Waals surface area contributed by atoms with Gasteiger partial charge in [0.2, 0.25) is 0 Å². The number of aliphatic hydroxyl groups excluding tert-OH is 1. The Labute approximate surface area is 105 Å². The molecule has 1 rings (SSSR count). The van der Waals surface area contributed by atoms with Crippen LogP contribution in [0.5, 0.6) is 0 Å². The van der Waals surface area contributed by atoms with Crippen molar-refractivity contribution in [2.24, 2.45) is 0 Å². The van der Waals surface area contributed by atoms with Crippen LogP contribution in [-0.2, 0) is 4.79 Å². The van der Waals surface area contributed by atoms with Crippen LogP contribution in [0.25, 0.3) is 0 Å². The molecule has 1 amide bonds. The molecule has 0 atom stereocenters. The van der Waals surface area contributed by atoms with Crippen molar-refractivity contribution in [3.05, 3.63) is 42.0 Å². The fraction of sp³-hybridized carbons (Fsp3) is 0.231. The average molecular weight is 249 g/mol. The fourth-order valence-corrected chi connectivity index (χ4v) is 1.48. The van der Waals surface area contributed by atoms with Crippen LogP contribution >= 0.6 is 0 Å². The molecule has 0 bridgehead atoms. The molecule has 0 saturated carbocycles. The molecule has 18 heavy (non-hydrogen) atoms. The number of allylic oxidation sites excluding steroid dienone is 1. The van der Waals surface area contributed by atoms with E-state index in [-0.39, 0.29) is 24.6 Å². The molecule has 2 N–H and O–H groups in total. The molecule has 5 nitrogen and oxygen atoms in total. The molecule has 1 aromatic carbocycles. The molecule has 5 heteroatoms. The Balaban J connectivity index is 2.98. The first kappa shape index (κ1) is 13.9. The first-order valence-corrected chi connectivity index (χ1v) is 5.48. The van der Waals surface area contributed by atoms with Crippen LogP contribution in [0.4, 0.5) is 5.69 Å². The van der Waals surface area contributed by atoms with Crippen molar-refractivity contribution in [3.8, 4) is 0 Å². The van der Waals surface area contributed by atoms with E-state index in [1.807, 2.05) is 0 Å². The summed E-state index contributed by atoms with van der Waals surface area (Å²) in [4.78, 5) is 23.9. The Morgan fingerprint density at radius 2 is 1.89 bits per heavy atom. The molecule has 0 heterocycles. The first-order chi connectivity index (χ1) is 8.60. The van der Waals surface area contributed by atoms with Crippen LogP contribution in [0, 0.1) is 0 Å². The summed E-state index contributed by atoms with van der Waals surface area (Å²) in [6.07, 6.45) is 3.00. The summed E-state index contributed by atoms with van der Waals surface area (Å²) in [7, 11) is 0. The number of carbonyl (C=O) groups is 2. The number of hydrogen-bond donors (Lipinski definition) is 2. The number of hydrogen-bond acceptors (Lipinski definition) is 3. The van der Waals surface area contributed by atoms with E-state index < -0.39 is 5.97 Å². The van der Waals surface area contributed by atoms with Crippen LogP contribution in [0.1, 0.15) is 17.3 Å². The molecule has 0 aliphatic rings. The minimum absolute atomic E-state index is 0.154. The zero-order chi connectivity index (χ0) is 13.5. The second-order valence-corrected chi connectivity index (χ2v) is 3.57. The molecular weight excluding hydrogens is 234 g/mol. The van der Waals surface area contributed by atoms with Crippen molar-refractivity contribution in [2.45, 2.75) is 6.92 Å². The van der Waals surface area contributed by atoms with Gasteiger partial charge in [0.25, 0.3) is 5.91 Å². The zero-order valence-electron chi connectivity index (χ0n) is 10.0. The first-order valence-electron chi connectivity index (χ1n) is 5.48. The molecule has 96 valence electrons. The van der Waals surface area contributed by atoms with E-state index in [0.717, 1.165) is 0 Å². The Morgan fingerprint density at radius 1 is 1.28 bits per heavy atom. The second kappa shape index (κ2) is 6.56. The van der Waals surface area contributed by atoms with Gasteiger partial charge in [-0.3, -0.25) is 4.79 Å². The highest BCUT2D eigenvalue weighted by Gasteiger charge is 2.13. The van der Waals surface area contributed by atoms with Crippen LogP contribution in [0.2, 0.25) is 0 Å². The minimum atomic E-state index is -1.02. The summed E-state index contributed by atoms with van der Waals surface area (Å²) in [6, 6.07) is 5.93. The maximum absolute atomic E-state index is 11.8. The summed E-state index contributed by atoms with van der Waals surface area (Å²) >= 11 is 0. The third kappa shape index (κ3) is 3.43. The molecule has 0 spiro atoms. The number of aromatic carboxylic acids is 1. The van der Waals surface area contributed by atoms with Gasteiger partial charge < -0.3 is 15.1 Å². The van der Waals surface area contributed by atoms with Gasteiger partial charge in [-0.15, -0.1) is 0 Å². The third-order valence-corrected chi connectivity index (χ3v) is 2.32. The van der Waals surface area contributed by atoms with Crippen LogP contribution in [0.3, 0.4) is 0 Å². The molecule has 0 aliphatic heterocycles. The Hall–Kier alpha value is -2.14. The zero-order valence-corrected chi connectivity index (χ0v) is 10.0. The Morgan fingerprint density at radius 3 is 2.33 bits per heavy atom. The smallest absolute Gasteiger partial charge is 0.335 e. The number of nitrogens with zero attached hydrogens (tertiary/aromatic N) is 1. The maximum atomic E-state index is 11.8. The highest BCUT2D eigenvalue weighted by molar-refractivity contribution is 6.01. The van der Waals surface area contributed by atoms with Gasteiger partial charge in [-0.2, -0.15) is 0 Å². The summed E-state index contributed by atoms with van der Waals surface area (Å²) in [5, 5.41) is 17.7. The van der Waals surface area contributed by atoms with E-state index in [9.17, 15) is 9.59 Å². The van der Waals surface area contributed by atoms with Gasteiger partial charge in [0.1, 0.15) is 0 Å².